The van der Waals surface area contributed by atoms with E-state index in [1.807, 2.05) is 0 Å². The number of pyridine rings is 2. The van der Waals surface area contributed by atoms with Crippen LogP contribution in [0.4, 0.5) is 26.3 Å². The SMILES string of the molecule is FC(F)(F)c1cccc2c(Cl)ccnc12.FC(F)(F)c1cccc2c(Cl)ccnc12. The van der Waals surface area contributed by atoms with Gasteiger partial charge in [-0.15, -0.1) is 0 Å². The number of benzene rings is 2. The predicted octanol–water partition coefficient (Wildman–Crippen LogP) is 7.81. The molecule has 0 amide bonds. The lowest BCUT2D eigenvalue weighted by Crippen LogP contribution is -2.06. The molecule has 0 unspecified atom stereocenters. The number of halogens is 8. The maximum absolute atomic E-state index is 12.6. The zero-order valence-corrected chi connectivity index (χ0v) is 16.2. The molecule has 0 radical (unpaired) electrons. The Kier molecular flexibility index (Phi) is 6.10. The summed E-state index contributed by atoms with van der Waals surface area (Å²) >= 11 is 11.5. The Labute approximate surface area is 176 Å². The number of para-hydroxylation sites is 2. The Morgan fingerprint density at radius 2 is 0.933 bits per heavy atom. The van der Waals surface area contributed by atoms with Crippen LogP contribution < -0.4 is 0 Å². The number of fused-ring (bicyclic) bond motifs is 2. The Balaban J connectivity index is 0.000000171. The lowest BCUT2D eigenvalue weighted by molar-refractivity contribution is -0.137. The molecule has 2 aromatic carbocycles. The average molecular weight is 463 g/mol. The topological polar surface area (TPSA) is 25.8 Å². The van der Waals surface area contributed by atoms with E-state index in [2.05, 4.69) is 9.97 Å². The van der Waals surface area contributed by atoms with Gasteiger partial charge in [0, 0.05) is 23.2 Å². The fourth-order valence-electron chi connectivity index (χ4n) is 2.74. The van der Waals surface area contributed by atoms with Gasteiger partial charge in [-0.05, 0) is 24.3 Å². The molecule has 2 aromatic heterocycles. The smallest absolute Gasteiger partial charge is 0.256 e. The Morgan fingerprint density at radius 1 is 0.567 bits per heavy atom. The fourth-order valence-corrected chi connectivity index (χ4v) is 3.16. The van der Waals surface area contributed by atoms with E-state index in [1.165, 1.54) is 48.8 Å². The highest BCUT2D eigenvalue weighted by molar-refractivity contribution is 6.35. The highest BCUT2D eigenvalue weighted by Crippen LogP contribution is 2.36. The van der Waals surface area contributed by atoms with Gasteiger partial charge in [0.1, 0.15) is 0 Å². The van der Waals surface area contributed by atoms with E-state index < -0.39 is 23.5 Å². The zero-order valence-electron chi connectivity index (χ0n) is 14.7. The van der Waals surface area contributed by atoms with E-state index in [4.69, 9.17) is 23.2 Å². The predicted molar refractivity (Wildman–Crippen MR) is 104 cm³/mol. The van der Waals surface area contributed by atoms with Gasteiger partial charge in [0.25, 0.3) is 0 Å². The summed E-state index contributed by atoms with van der Waals surface area (Å²) in [5.41, 5.74) is -1.75. The molecule has 4 aromatic rings. The molecule has 0 aliphatic heterocycles. The minimum Gasteiger partial charge on any atom is -0.256 e. The summed E-state index contributed by atoms with van der Waals surface area (Å²) < 4.78 is 75.4. The summed E-state index contributed by atoms with van der Waals surface area (Å²) in [5, 5.41) is 1.17. The molecule has 10 heteroatoms. The van der Waals surface area contributed by atoms with Crippen LogP contribution in [0.1, 0.15) is 11.1 Å². The van der Waals surface area contributed by atoms with Crippen LogP contribution in [0, 0.1) is 0 Å². The van der Waals surface area contributed by atoms with Gasteiger partial charge < -0.3 is 0 Å². The second-order valence-electron chi connectivity index (χ2n) is 5.98. The minimum absolute atomic E-state index is 0.113. The maximum Gasteiger partial charge on any atom is 0.418 e. The lowest BCUT2D eigenvalue weighted by atomic mass is 10.1. The van der Waals surface area contributed by atoms with Gasteiger partial charge in [-0.25, -0.2) is 0 Å². The molecular weight excluding hydrogens is 453 g/mol. The highest BCUT2D eigenvalue weighted by Gasteiger charge is 2.34. The van der Waals surface area contributed by atoms with E-state index in [0.717, 1.165) is 12.1 Å². The Bertz CT molecular complexity index is 1110. The fraction of sp³-hybridized carbons (Fsp3) is 0.100. The third-order valence-corrected chi connectivity index (χ3v) is 4.71. The molecule has 0 N–H and O–H groups in total. The molecule has 4 rings (SSSR count). The molecule has 30 heavy (non-hydrogen) atoms. The first-order chi connectivity index (χ1) is 14.0. The van der Waals surface area contributed by atoms with Gasteiger partial charge in [-0.1, -0.05) is 47.5 Å². The molecule has 0 atom stereocenters. The van der Waals surface area contributed by atoms with Crippen molar-refractivity contribution in [3.63, 3.8) is 0 Å². The number of alkyl halides is 6. The Hall–Kier alpha value is -2.58. The van der Waals surface area contributed by atoms with Gasteiger partial charge in [-0.2, -0.15) is 26.3 Å². The van der Waals surface area contributed by atoms with Crippen LogP contribution in [0.5, 0.6) is 0 Å². The normalized spacial score (nSPS) is 12.0. The van der Waals surface area contributed by atoms with Gasteiger partial charge in [0.05, 0.1) is 32.2 Å². The van der Waals surface area contributed by atoms with Crippen LogP contribution in [0.25, 0.3) is 21.8 Å². The maximum atomic E-state index is 12.6. The largest absolute Gasteiger partial charge is 0.418 e. The number of aromatic nitrogens is 2. The molecule has 0 fully saturated rings. The molecule has 0 aliphatic rings. The van der Waals surface area contributed by atoms with E-state index in [0.29, 0.717) is 10.8 Å². The molecule has 0 saturated carbocycles. The van der Waals surface area contributed by atoms with E-state index >= 15 is 0 Å². The first kappa shape index (κ1) is 22.1. The van der Waals surface area contributed by atoms with Crippen LogP contribution >= 0.6 is 23.2 Å². The molecule has 156 valence electrons. The summed E-state index contributed by atoms with van der Waals surface area (Å²) in [7, 11) is 0. The van der Waals surface area contributed by atoms with Crippen molar-refractivity contribution in [2.24, 2.45) is 0 Å². The number of rotatable bonds is 0. The van der Waals surface area contributed by atoms with E-state index in [9.17, 15) is 26.3 Å². The molecule has 0 saturated heterocycles. The van der Waals surface area contributed by atoms with Crippen molar-refractivity contribution in [1.82, 2.24) is 9.97 Å². The molecule has 0 aliphatic carbocycles. The van der Waals surface area contributed by atoms with Crippen molar-refractivity contribution in [3.05, 3.63) is 82.1 Å². The number of hydrogen-bond acceptors (Lipinski definition) is 2. The average Bonchev–Trinajstić information content (AvgIpc) is 2.67. The van der Waals surface area contributed by atoms with Crippen molar-refractivity contribution < 1.29 is 26.3 Å². The van der Waals surface area contributed by atoms with Gasteiger partial charge in [-0.3, -0.25) is 9.97 Å². The van der Waals surface area contributed by atoms with Crippen molar-refractivity contribution in [2.45, 2.75) is 12.4 Å². The first-order valence-corrected chi connectivity index (χ1v) is 8.96. The van der Waals surface area contributed by atoms with Crippen LogP contribution in [-0.4, -0.2) is 9.97 Å². The monoisotopic (exact) mass is 462 g/mol. The van der Waals surface area contributed by atoms with Crippen molar-refractivity contribution in [1.29, 1.82) is 0 Å². The van der Waals surface area contributed by atoms with Gasteiger partial charge in [0.2, 0.25) is 0 Å². The summed E-state index contributed by atoms with van der Waals surface area (Å²) in [6.45, 7) is 0. The molecule has 2 nitrogen and oxygen atoms in total. The van der Waals surface area contributed by atoms with Gasteiger partial charge in [0.15, 0.2) is 0 Å². The van der Waals surface area contributed by atoms with Crippen molar-refractivity contribution >= 4 is 45.0 Å². The third-order valence-electron chi connectivity index (χ3n) is 4.05. The number of hydrogen-bond donors (Lipinski definition) is 0. The van der Waals surface area contributed by atoms with Crippen LogP contribution in [-0.2, 0) is 12.4 Å². The minimum atomic E-state index is -4.41. The van der Waals surface area contributed by atoms with Crippen molar-refractivity contribution in [2.75, 3.05) is 0 Å². The molecular formula is C20H10Cl2F6N2. The summed E-state index contributed by atoms with van der Waals surface area (Å²) in [6.07, 6.45) is -6.28. The molecule has 0 spiro atoms. The first-order valence-electron chi connectivity index (χ1n) is 8.21. The summed E-state index contributed by atoms with van der Waals surface area (Å²) in [5.74, 6) is 0. The summed E-state index contributed by atoms with van der Waals surface area (Å²) in [6, 6.07) is 10.6. The lowest BCUT2D eigenvalue weighted by Gasteiger charge is -2.09. The van der Waals surface area contributed by atoms with Crippen LogP contribution in [0.3, 0.4) is 0 Å². The third kappa shape index (κ3) is 4.60. The highest BCUT2D eigenvalue weighted by atomic mass is 35.5. The molecule has 2 heterocycles. The Morgan fingerprint density at radius 3 is 1.27 bits per heavy atom. The second kappa shape index (κ2) is 8.28. The summed E-state index contributed by atoms with van der Waals surface area (Å²) in [4.78, 5) is 7.41. The van der Waals surface area contributed by atoms with Crippen LogP contribution in [0.15, 0.2) is 60.9 Å². The zero-order chi connectivity index (χ0) is 22.1. The van der Waals surface area contributed by atoms with E-state index in [-0.39, 0.29) is 21.1 Å². The van der Waals surface area contributed by atoms with E-state index in [1.54, 1.807) is 0 Å². The van der Waals surface area contributed by atoms with Crippen LogP contribution in [0.2, 0.25) is 10.0 Å². The standard InChI is InChI=1S/2C10H5ClF3N/c2*11-8-4-5-15-9-6(8)2-1-3-7(9)10(12,13)14/h2*1-5H. The molecule has 0 bridgehead atoms. The quantitative estimate of drug-likeness (QED) is 0.249. The van der Waals surface area contributed by atoms with Gasteiger partial charge >= 0.3 is 12.4 Å². The number of nitrogens with zero attached hydrogens (tertiary/aromatic N) is 2. The van der Waals surface area contributed by atoms with Crippen molar-refractivity contribution in [3.8, 4) is 0 Å². The second-order valence-corrected chi connectivity index (χ2v) is 6.80.